The molecule has 1 heterocycles. The lowest BCUT2D eigenvalue weighted by Crippen LogP contribution is -2.40. The van der Waals surface area contributed by atoms with Gasteiger partial charge < -0.3 is 9.64 Å². The third-order valence-electron chi connectivity index (χ3n) is 5.66. The normalized spacial score (nSPS) is 23.6. The molecule has 1 amide bonds. The molecule has 0 aromatic heterocycles. The molecule has 2 atom stereocenters. The van der Waals surface area contributed by atoms with Crippen molar-refractivity contribution in [3.8, 4) is 0 Å². The highest BCUT2D eigenvalue weighted by molar-refractivity contribution is 6.45. The summed E-state index contributed by atoms with van der Waals surface area (Å²) in [5.74, 6) is -2.68. The highest BCUT2D eigenvalue weighted by atomic mass is 16.5. The Morgan fingerprint density at radius 1 is 1.22 bits per heavy atom. The average Bonchev–Trinajstić information content (AvgIpc) is 2.84. The van der Waals surface area contributed by atoms with E-state index < -0.39 is 28.8 Å². The van der Waals surface area contributed by atoms with Gasteiger partial charge in [-0.3, -0.25) is 19.2 Å². The zero-order valence-corrected chi connectivity index (χ0v) is 15.9. The first-order chi connectivity index (χ1) is 12.7. The van der Waals surface area contributed by atoms with Crippen LogP contribution in [0.4, 0.5) is 5.69 Å². The van der Waals surface area contributed by atoms with Crippen LogP contribution in [0.5, 0.6) is 0 Å². The minimum Gasteiger partial charge on any atom is -0.462 e. The van der Waals surface area contributed by atoms with Crippen molar-refractivity contribution >= 4 is 29.1 Å². The molecular weight excluding hydrogens is 346 g/mol. The number of allylic oxidation sites excluding steroid dienone is 1. The van der Waals surface area contributed by atoms with E-state index in [0.29, 0.717) is 23.2 Å². The number of carbonyl (C=O) groups is 4. The van der Waals surface area contributed by atoms with E-state index in [-0.39, 0.29) is 18.5 Å². The summed E-state index contributed by atoms with van der Waals surface area (Å²) in [5, 5.41) is 0. The van der Waals surface area contributed by atoms with Gasteiger partial charge in [0.05, 0.1) is 5.92 Å². The molecule has 0 bridgehead atoms. The number of nitrogens with zero attached hydrogens (tertiary/aromatic N) is 1. The molecule has 0 N–H and O–H groups in total. The molecule has 0 spiro atoms. The van der Waals surface area contributed by atoms with Crippen molar-refractivity contribution in [2.45, 2.75) is 33.1 Å². The van der Waals surface area contributed by atoms with E-state index in [4.69, 9.17) is 4.74 Å². The molecule has 1 aliphatic heterocycles. The molecule has 6 heteroatoms. The maximum absolute atomic E-state index is 13.0. The van der Waals surface area contributed by atoms with E-state index in [1.807, 2.05) is 19.9 Å². The lowest BCUT2D eigenvalue weighted by atomic mass is 9.66. The van der Waals surface area contributed by atoms with Gasteiger partial charge in [0.25, 0.3) is 0 Å². The van der Waals surface area contributed by atoms with Crippen LogP contribution in [0, 0.1) is 11.3 Å². The molecule has 1 aromatic carbocycles. The van der Waals surface area contributed by atoms with Crippen molar-refractivity contribution in [1.82, 2.24) is 0 Å². The molecule has 0 saturated heterocycles. The van der Waals surface area contributed by atoms with Crippen LogP contribution >= 0.6 is 0 Å². The van der Waals surface area contributed by atoms with E-state index in [1.54, 1.807) is 36.2 Å². The van der Waals surface area contributed by atoms with E-state index >= 15 is 0 Å². The summed E-state index contributed by atoms with van der Waals surface area (Å²) < 4.78 is 4.85. The van der Waals surface area contributed by atoms with Crippen LogP contribution in [-0.4, -0.2) is 37.1 Å². The predicted octanol–water partition coefficient (Wildman–Crippen LogP) is 2.66. The third-order valence-corrected chi connectivity index (χ3v) is 5.66. The first-order valence-electron chi connectivity index (χ1n) is 8.95. The van der Waals surface area contributed by atoms with Gasteiger partial charge >= 0.3 is 5.97 Å². The summed E-state index contributed by atoms with van der Waals surface area (Å²) in [4.78, 5) is 51.2. The highest BCUT2D eigenvalue weighted by Gasteiger charge is 2.54. The monoisotopic (exact) mass is 369 g/mol. The fourth-order valence-corrected chi connectivity index (χ4v) is 4.18. The molecule has 0 saturated carbocycles. The molecule has 6 nitrogen and oxygen atoms in total. The van der Waals surface area contributed by atoms with Gasteiger partial charge in [0.2, 0.25) is 17.5 Å². The van der Waals surface area contributed by atoms with Crippen molar-refractivity contribution < 1.29 is 23.9 Å². The lowest BCUT2D eigenvalue weighted by molar-refractivity contribution is -0.139. The first kappa shape index (κ1) is 19.0. The van der Waals surface area contributed by atoms with Crippen LogP contribution in [0.1, 0.15) is 49.0 Å². The zero-order valence-electron chi connectivity index (χ0n) is 15.9. The van der Waals surface area contributed by atoms with E-state index in [2.05, 4.69) is 0 Å². The SMILES string of the molecule is CC(=O)OC/C=C/C[C@H]1C(=O)C(=O)c2cccc3c2[C@H](C(=O)N3C)C1(C)C. The highest BCUT2D eigenvalue weighted by Crippen LogP contribution is 2.54. The predicted molar refractivity (Wildman–Crippen MR) is 99.6 cm³/mol. The summed E-state index contributed by atoms with van der Waals surface area (Å²) in [6.45, 7) is 5.17. The molecule has 0 unspecified atom stereocenters. The summed E-state index contributed by atoms with van der Waals surface area (Å²) in [6.07, 6.45) is 3.69. The second-order valence-corrected chi connectivity index (χ2v) is 7.65. The number of benzene rings is 1. The largest absolute Gasteiger partial charge is 0.462 e. The quantitative estimate of drug-likeness (QED) is 0.463. The molecular formula is C21H23NO5. The molecule has 1 aliphatic carbocycles. The van der Waals surface area contributed by atoms with Crippen molar-refractivity contribution in [3.05, 3.63) is 41.5 Å². The number of hydrogen-bond acceptors (Lipinski definition) is 5. The van der Waals surface area contributed by atoms with Crippen molar-refractivity contribution in [3.63, 3.8) is 0 Å². The number of carbonyl (C=O) groups excluding carboxylic acids is 4. The van der Waals surface area contributed by atoms with Crippen LogP contribution in [0.15, 0.2) is 30.4 Å². The summed E-state index contributed by atoms with van der Waals surface area (Å²) >= 11 is 0. The number of ketones is 2. The molecule has 27 heavy (non-hydrogen) atoms. The fraction of sp³-hybridized carbons (Fsp3) is 0.429. The van der Waals surface area contributed by atoms with Gasteiger partial charge in [-0.2, -0.15) is 0 Å². The summed E-state index contributed by atoms with van der Waals surface area (Å²) in [7, 11) is 1.70. The molecule has 2 aliphatic rings. The van der Waals surface area contributed by atoms with Gasteiger partial charge in [-0.25, -0.2) is 0 Å². The molecule has 142 valence electrons. The van der Waals surface area contributed by atoms with Gasteiger partial charge in [0.1, 0.15) is 6.61 Å². The van der Waals surface area contributed by atoms with Crippen molar-refractivity contribution in [2.75, 3.05) is 18.6 Å². The number of likely N-dealkylation sites (N-methyl/N-ethyl adjacent to an activating group) is 1. The second-order valence-electron chi connectivity index (χ2n) is 7.65. The van der Waals surface area contributed by atoms with Gasteiger partial charge in [0.15, 0.2) is 0 Å². The Morgan fingerprint density at radius 2 is 1.93 bits per heavy atom. The Hall–Kier alpha value is -2.76. The van der Waals surface area contributed by atoms with E-state index in [9.17, 15) is 19.2 Å². The number of anilines is 1. The fourth-order valence-electron chi connectivity index (χ4n) is 4.18. The maximum Gasteiger partial charge on any atom is 0.302 e. The van der Waals surface area contributed by atoms with Gasteiger partial charge in [-0.15, -0.1) is 0 Å². The molecule has 0 fully saturated rings. The summed E-state index contributed by atoms with van der Waals surface area (Å²) in [5.41, 5.74) is 0.962. The van der Waals surface area contributed by atoms with Gasteiger partial charge in [-0.1, -0.05) is 38.1 Å². The smallest absolute Gasteiger partial charge is 0.302 e. The average molecular weight is 369 g/mol. The Morgan fingerprint density at radius 3 is 2.59 bits per heavy atom. The van der Waals surface area contributed by atoms with Gasteiger partial charge in [-0.05, 0) is 17.9 Å². The molecule has 3 rings (SSSR count). The van der Waals surface area contributed by atoms with Crippen molar-refractivity contribution in [2.24, 2.45) is 11.3 Å². The number of esters is 1. The lowest BCUT2D eigenvalue weighted by Gasteiger charge is -2.35. The number of rotatable bonds is 4. The Labute approximate surface area is 158 Å². The molecule has 1 aromatic rings. The Kier molecular flexibility index (Phi) is 4.76. The van der Waals surface area contributed by atoms with Crippen LogP contribution in [-0.2, 0) is 19.1 Å². The number of hydrogen-bond donors (Lipinski definition) is 0. The van der Waals surface area contributed by atoms with E-state index in [1.165, 1.54) is 6.92 Å². The zero-order chi connectivity index (χ0) is 19.9. The Balaban J connectivity index is 2.00. The number of ether oxygens (including phenoxy) is 1. The molecule has 0 radical (unpaired) electrons. The number of amides is 1. The number of Topliss-reactive ketones (excluding diaryl/α,β-unsaturated/α-hetero) is 2. The minimum absolute atomic E-state index is 0.0983. The first-order valence-corrected chi connectivity index (χ1v) is 8.95. The van der Waals surface area contributed by atoms with Crippen LogP contribution in [0.3, 0.4) is 0 Å². The van der Waals surface area contributed by atoms with Crippen LogP contribution in [0.2, 0.25) is 0 Å². The second kappa shape index (κ2) is 6.76. The standard InChI is InChI=1S/C21H23NO5/c1-12(23)27-11-6-5-9-14-19(25)18(24)13-8-7-10-15-16(13)17(21(14,2)3)20(26)22(15)4/h5-8,10,14,17H,9,11H2,1-4H3/b6-5+/t14-,17+/m0/s1. The maximum atomic E-state index is 13.0. The van der Waals surface area contributed by atoms with Crippen molar-refractivity contribution in [1.29, 1.82) is 0 Å². The van der Waals surface area contributed by atoms with Crippen LogP contribution < -0.4 is 4.90 Å². The van der Waals surface area contributed by atoms with Crippen LogP contribution in [0.25, 0.3) is 0 Å². The topological polar surface area (TPSA) is 80.8 Å². The third kappa shape index (κ3) is 2.99. The Bertz CT molecular complexity index is 867. The minimum atomic E-state index is -0.734. The van der Waals surface area contributed by atoms with Gasteiger partial charge in [0, 0.05) is 36.7 Å². The summed E-state index contributed by atoms with van der Waals surface area (Å²) in [6, 6.07) is 5.15. The van der Waals surface area contributed by atoms with E-state index in [0.717, 1.165) is 0 Å².